The van der Waals surface area contributed by atoms with Crippen LogP contribution in [0.5, 0.6) is 0 Å². The van der Waals surface area contributed by atoms with Crippen LogP contribution in [0.3, 0.4) is 0 Å². The summed E-state index contributed by atoms with van der Waals surface area (Å²) in [5.41, 5.74) is 0.956. The van der Waals surface area contributed by atoms with Gasteiger partial charge in [0.25, 0.3) is 10.0 Å². The number of thiophene rings is 1. The molecule has 3 saturated heterocycles. The zero-order valence-electron chi connectivity index (χ0n) is 20.5. The number of piperidine rings is 2. The van der Waals surface area contributed by atoms with E-state index in [9.17, 15) is 17.9 Å². The van der Waals surface area contributed by atoms with Crippen molar-refractivity contribution in [3.05, 3.63) is 47.3 Å². The van der Waals surface area contributed by atoms with E-state index in [4.69, 9.17) is 0 Å². The van der Waals surface area contributed by atoms with Crippen LogP contribution in [0.15, 0.2) is 46.0 Å². The van der Waals surface area contributed by atoms with Crippen molar-refractivity contribution in [1.82, 2.24) is 9.21 Å². The first-order valence-corrected chi connectivity index (χ1v) is 15.0. The van der Waals surface area contributed by atoms with E-state index >= 15 is 0 Å². The largest absolute Gasteiger partial charge is 0.386 e. The SMILES string of the molecule is CC(C)(O)c1ccc(N2CCN(S(=O)(=O)c3cccs3)C[C@@H]2CN2C3CCCC2CC(F)C3)cc1. The first-order valence-electron chi connectivity index (χ1n) is 12.7. The van der Waals surface area contributed by atoms with Crippen LogP contribution in [0.4, 0.5) is 10.1 Å². The van der Waals surface area contributed by atoms with Crippen molar-refractivity contribution in [2.24, 2.45) is 0 Å². The molecule has 3 aliphatic rings. The smallest absolute Gasteiger partial charge is 0.252 e. The Kier molecular flexibility index (Phi) is 7.00. The number of hydrogen-bond acceptors (Lipinski definition) is 6. The molecule has 1 aromatic carbocycles. The highest BCUT2D eigenvalue weighted by Crippen LogP contribution is 2.37. The molecule has 0 saturated carbocycles. The van der Waals surface area contributed by atoms with Crippen LogP contribution in [0, 0.1) is 0 Å². The van der Waals surface area contributed by atoms with E-state index in [0.717, 1.165) is 37.1 Å². The summed E-state index contributed by atoms with van der Waals surface area (Å²) >= 11 is 1.26. The van der Waals surface area contributed by atoms with Crippen molar-refractivity contribution >= 4 is 27.0 Å². The molecule has 2 aromatic rings. The highest BCUT2D eigenvalue weighted by atomic mass is 32.2. The molecular weight excluding hydrogens is 485 g/mol. The molecule has 0 radical (unpaired) electrons. The predicted octanol–water partition coefficient (Wildman–Crippen LogP) is 4.21. The fourth-order valence-electron chi connectivity index (χ4n) is 6.09. The van der Waals surface area contributed by atoms with Gasteiger partial charge >= 0.3 is 0 Å². The second-order valence-corrected chi connectivity index (χ2v) is 13.9. The molecule has 0 amide bonds. The van der Waals surface area contributed by atoms with Crippen molar-refractivity contribution in [3.63, 3.8) is 0 Å². The van der Waals surface area contributed by atoms with Gasteiger partial charge in [-0.1, -0.05) is 24.6 Å². The number of hydrogen-bond donors (Lipinski definition) is 1. The number of benzene rings is 1. The molecule has 0 spiro atoms. The third kappa shape index (κ3) is 5.16. The Morgan fingerprint density at radius 3 is 2.37 bits per heavy atom. The van der Waals surface area contributed by atoms with Crippen LogP contribution in [0.25, 0.3) is 0 Å². The topological polar surface area (TPSA) is 64.1 Å². The van der Waals surface area contributed by atoms with Gasteiger partial charge in [0, 0.05) is 44.0 Å². The van der Waals surface area contributed by atoms with Crippen molar-refractivity contribution in [2.45, 2.75) is 80.1 Å². The summed E-state index contributed by atoms with van der Waals surface area (Å²) in [5.74, 6) is 0. The van der Waals surface area contributed by atoms with Gasteiger partial charge in [0.15, 0.2) is 0 Å². The summed E-state index contributed by atoms with van der Waals surface area (Å²) in [6, 6.07) is 11.8. The standard InChI is InChI=1S/C26H36FN3O3S2/c1-26(2,31)19-8-10-21(11-9-19)29-13-12-28(35(32,33)25-7-4-14-34-25)17-24(29)18-30-22-5-3-6-23(30)16-20(27)15-22/h4,7-11,14,20,22-24,31H,3,5-6,12-13,15-18H2,1-2H3/t20?,22?,23?,24-/m1/s1. The number of fused-ring (bicyclic) bond motifs is 2. The van der Waals surface area contributed by atoms with Gasteiger partial charge in [0.05, 0.1) is 11.6 Å². The van der Waals surface area contributed by atoms with E-state index in [0.29, 0.717) is 36.7 Å². The summed E-state index contributed by atoms with van der Waals surface area (Å²) in [6.07, 6.45) is 3.61. The van der Waals surface area contributed by atoms with Crippen LogP contribution >= 0.6 is 11.3 Å². The molecule has 0 aliphatic carbocycles. The third-order valence-electron chi connectivity index (χ3n) is 7.93. The molecule has 35 heavy (non-hydrogen) atoms. The van der Waals surface area contributed by atoms with Gasteiger partial charge < -0.3 is 10.0 Å². The summed E-state index contributed by atoms with van der Waals surface area (Å²) in [7, 11) is -3.54. The van der Waals surface area contributed by atoms with Gasteiger partial charge in [-0.15, -0.1) is 11.3 Å². The van der Waals surface area contributed by atoms with Gasteiger partial charge in [-0.2, -0.15) is 4.31 Å². The van der Waals surface area contributed by atoms with Crippen LogP contribution in [-0.2, 0) is 15.6 Å². The Morgan fingerprint density at radius 2 is 1.77 bits per heavy atom. The van der Waals surface area contributed by atoms with Gasteiger partial charge in [0.2, 0.25) is 0 Å². The van der Waals surface area contributed by atoms with Crippen LogP contribution in [-0.4, -0.2) is 73.2 Å². The first kappa shape index (κ1) is 25.1. The minimum absolute atomic E-state index is 0.0364. The zero-order valence-corrected chi connectivity index (χ0v) is 22.1. The fourth-order valence-corrected chi connectivity index (χ4v) is 8.71. The quantitative estimate of drug-likeness (QED) is 0.617. The molecular formula is C26H36FN3O3S2. The number of sulfonamides is 1. The van der Waals surface area contributed by atoms with E-state index < -0.39 is 21.8 Å². The van der Waals surface area contributed by atoms with E-state index in [1.807, 2.05) is 24.3 Å². The highest BCUT2D eigenvalue weighted by Gasteiger charge is 2.42. The van der Waals surface area contributed by atoms with E-state index in [2.05, 4.69) is 9.80 Å². The predicted molar refractivity (Wildman–Crippen MR) is 138 cm³/mol. The molecule has 1 N–H and O–H groups in total. The second kappa shape index (κ2) is 9.74. The Bertz CT molecular complexity index is 1090. The molecule has 3 fully saturated rings. The third-order valence-corrected chi connectivity index (χ3v) is 11.2. The summed E-state index contributed by atoms with van der Waals surface area (Å²) in [6.45, 7) is 5.68. The van der Waals surface area contributed by atoms with E-state index in [1.54, 1.807) is 35.7 Å². The van der Waals surface area contributed by atoms with Crippen LogP contribution < -0.4 is 4.90 Å². The molecule has 3 atom stereocenters. The Hall–Kier alpha value is -1.52. The normalized spacial score (nSPS) is 28.9. The highest BCUT2D eigenvalue weighted by molar-refractivity contribution is 7.91. The first-order chi connectivity index (χ1) is 16.6. The number of rotatable bonds is 6. The Balaban J connectivity index is 1.42. The van der Waals surface area contributed by atoms with Gasteiger partial charge in [-0.05, 0) is 68.7 Å². The maximum absolute atomic E-state index is 14.4. The minimum atomic E-state index is -3.54. The maximum atomic E-state index is 14.4. The molecule has 6 nitrogen and oxygen atoms in total. The van der Waals surface area contributed by atoms with Crippen LogP contribution in [0.1, 0.15) is 51.5 Å². The van der Waals surface area contributed by atoms with Crippen molar-refractivity contribution in [1.29, 1.82) is 0 Å². The van der Waals surface area contributed by atoms with Gasteiger partial charge in [-0.25, -0.2) is 12.8 Å². The average Bonchev–Trinajstić information content (AvgIpc) is 3.35. The van der Waals surface area contributed by atoms with Crippen LogP contribution in [0.2, 0.25) is 0 Å². The van der Waals surface area contributed by atoms with E-state index in [-0.39, 0.29) is 18.1 Å². The summed E-state index contributed by atoms with van der Waals surface area (Å²) in [5, 5.41) is 12.2. The molecule has 9 heteroatoms. The van der Waals surface area contributed by atoms with Crippen molar-refractivity contribution < 1.29 is 17.9 Å². The molecule has 3 aliphatic heterocycles. The Labute approximate surface area is 212 Å². The summed E-state index contributed by atoms with van der Waals surface area (Å²) < 4.78 is 43.1. The zero-order chi connectivity index (χ0) is 24.8. The lowest BCUT2D eigenvalue weighted by molar-refractivity contribution is -0.00347. The molecule has 192 valence electrons. The monoisotopic (exact) mass is 521 g/mol. The number of halogens is 1. The maximum Gasteiger partial charge on any atom is 0.252 e. The average molecular weight is 522 g/mol. The van der Waals surface area contributed by atoms with Crippen molar-refractivity contribution in [2.75, 3.05) is 31.1 Å². The fraction of sp³-hybridized carbons (Fsp3) is 0.615. The summed E-state index contributed by atoms with van der Waals surface area (Å²) in [4.78, 5) is 4.79. The van der Waals surface area contributed by atoms with Gasteiger partial charge in [-0.3, -0.25) is 4.90 Å². The molecule has 5 rings (SSSR count). The lowest BCUT2D eigenvalue weighted by atomic mass is 9.83. The minimum Gasteiger partial charge on any atom is -0.386 e. The second-order valence-electron chi connectivity index (χ2n) is 10.8. The number of aliphatic hydroxyl groups is 1. The van der Waals surface area contributed by atoms with Gasteiger partial charge in [0.1, 0.15) is 10.4 Å². The number of nitrogens with zero attached hydrogens (tertiary/aromatic N) is 3. The number of anilines is 1. The number of piperazine rings is 1. The molecule has 1 aromatic heterocycles. The lowest BCUT2D eigenvalue weighted by Gasteiger charge is -2.51. The van der Waals surface area contributed by atoms with Crippen molar-refractivity contribution in [3.8, 4) is 0 Å². The van der Waals surface area contributed by atoms with E-state index in [1.165, 1.54) is 11.3 Å². The number of alkyl halides is 1. The molecule has 2 unspecified atom stereocenters. The molecule has 4 heterocycles. The Morgan fingerprint density at radius 1 is 1.09 bits per heavy atom. The molecule has 2 bridgehead atoms. The lowest BCUT2D eigenvalue weighted by Crippen LogP contribution is -2.62.